The first-order chi connectivity index (χ1) is 26.6. The van der Waals surface area contributed by atoms with E-state index in [1.54, 1.807) is 46.3 Å². The van der Waals surface area contributed by atoms with Gasteiger partial charge in [0.25, 0.3) is 0 Å². The van der Waals surface area contributed by atoms with Crippen molar-refractivity contribution < 1.29 is 23.7 Å². The normalized spacial score (nSPS) is 22.4. The fourth-order valence-corrected chi connectivity index (χ4v) is 7.93. The summed E-state index contributed by atoms with van der Waals surface area (Å²) < 4.78 is 35.0. The highest BCUT2D eigenvalue weighted by molar-refractivity contribution is 6.44. The molecule has 55 heavy (non-hydrogen) atoms. The van der Waals surface area contributed by atoms with Crippen molar-refractivity contribution in [1.29, 1.82) is 0 Å². The van der Waals surface area contributed by atoms with E-state index >= 15 is 0 Å². The zero-order chi connectivity index (χ0) is 38.2. The van der Waals surface area contributed by atoms with E-state index in [1.165, 1.54) is 12.7 Å². The van der Waals surface area contributed by atoms with Crippen LogP contribution >= 0.6 is 46.4 Å². The van der Waals surface area contributed by atoms with Crippen LogP contribution in [-0.4, -0.2) is 66.5 Å². The minimum Gasteiger partial charge on any atom is -0.456 e. The highest BCUT2D eigenvalue weighted by atomic mass is 35.5. The van der Waals surface area contributed by atoms with E-state index < -0.39 is 11.6 Å². The van der Waals surface area contributed by atoms with Crippen molar-refractivity contribution in [2.45, 2.75) is 63.6 Å². The number of rotatable bonds is 12. The minimum atomic E-state index is -0.880. The monoisotopic (exact) mass is 820 g/mol. The molecule has 0 saturated carbocycles. The highest BCUT2D eigenvalue weighted by Gasteiger charge is 2.42. The van der Waals surface area contributed by atoms with E-state index in [1.807, 2.05) is 62.4 Å². The third-order valence-corrected chi connectivity index (χ3v) is 11.1. The van der Waals surface area contributed by atoms with Crippen LogP contribution in [-0.2, 0) is 44.9 Å². The fourth-order valence-electron chi connectivity index (χ4n) is 7.09. The van der Waals surface area contributed by atoms with Gasteiger partial charge in [-0.3, -0.25) is 0 Å². The lowest BCUT2D eigenvalue weighted by Crippen LogP contribution is -2.38. The Morgan fingerprint density at radius 3 is 1.38 bits per heavy atom. The van der Waals surface area contributed by atoms with E-state index in [4.69, 9.17) is 70.1 Å². The Bertz CT molecular complexity index is 2100. The van der Waals surface area contributed by atoms with Crippen LogP contribution in [0.2, 0.25) is 20.1 Å². The van der Waals surface area contributed by atoms with Gasteiger partial charge < -0.3 is 23.7 Å². The summed E-state index contributed by atoms with van der Waals surface area (Å²) in [5.41, 5.74) is 4.84. The van der Waals surface area contributed by atoms with Crippen LogP contribution < -0.4 is 4.74 Å². The summed E-state index contributed by atoms with van der Waals surface area (Å²) >= 11 is 27.0. The molecule has 6 aromatic rings. The molecule has 0 N–H and O–H groups in total. The predicted octanol–water partition coefficient (Wildman–Crippen LogP) is 9.36. The lowest BCUT2D eigenvalue weighted by molar-refractivity contribution is -0.177. The van der Waals surface area contributed by atoms with Crippen molar-refractivity contribution in [3.63, 3.8) is 0 Å². The highest BCUT2D eigenvalue weighted by Crippen LogP contribution is 2.47. The molecule has 4 unspecified atom stereocenters. The molecule has 0 bridgehead atoms. The Hall–Kier alpha value is -4.04. The molecule has 8 rings (SSSR count). The Labute approximate surface area is 338 Å². The van der Waals surface area contributed by atoms with Crippen LogP contribution in [0, 0.1) is 0 Å². The molecule has 15 heteroatoms. The average Bonchev–Trinajstić information content (AvgIpc) is 4.00. The number of ether oxygens (including phenoxy) is 5. The van der Waals surface area contributed by atoms with Gasteiger partial charge in [-0.15, -0.1) is 0 Å². The van der Waals surface area contributed by atoms with Gasteiger partial charge in [0.15, 0.2) is 11.6 Å². The molecule has 2 aliphatic heterocycles. The standard InChI is InChI=1S/C40H36Cl4N6O5/c1-25-17-51-39(54-25,19-49-23-45-21-47-49)15-27-3-7-29(8-4-27)35-33(13-11-31(41)37(35)43)53-34-14-12-32(42)38(44)36(34)30-9-5-28(6-10-30)16-40(52-18-26(2)55-40)20-50-24-46-22-48-50/h3-14,21-26H,15-20H2,1-2H3. The molecule has 0 spiro atoms. The molecule has 2 aromatic heterocycles. The second-order valence-corrected chi connectivity index (χ2v) is 15.4. The van der Waals surface area contributed by atoms with Gasteiger partial charge in [0.1, 0.15) is 36.8 Å². The van der Waals surface area contributed by atoms with Gasteiger partial charge >= 0.3 is 0 Å². The summed E-state index contributed by atoms with van der Waals surface area (Å²) in [6.07, 6.45) is 7.18. The summed E-state index contributed by atoms with van der Waals surface area (Å²) in [7, 11) is 0. The summed E-state index contributed by atoms with van der Waals surface area (Å²) in [6, 6.07) is 22.9. The van der Waals surface area contributed by atoms with Gasteiger partial charge in [0, 0.05) is 24.0 Å². The van der Waals surface area contributed by atoms with Gasteiger partial charge in [-0.1, -0.05) is 94.9 Å². The molecule has 2 saturated heterocycles. The molecule has 284 valence electrons. The number of halogens is 4. The topological polar surface area (TPSA) is 108 Å². The van der Waals surface area contributed by atoms with Crippen molar-refractivity contribution >= 4 is 46.4 Å². The number of hydrogen-bond acceptors (Lipinski definition) is 9. The van der Waals surface area contributed by atoms with Crippen LogP contribution in [0.3, 0.4) is 0 Å². The van der Waals surface area contributed by atoms with Crippen LogP contribution in [0.1, 0.15) is 25.0 Å². The van der Waals surface area contributed by atoms with Gasteiger partial charge in [-0.05, 0) is 60.4 Å². The zero-order valence-corrected chi connectivity index (χ0v) is 32.9. The first-order valence-corrected chi connectivity index (χ1v) is 19.2. The summed E-state index contributed by atoms with van der Waals surface area (Å²) in [5.74, 6) is -0.793. The van der Waals surface area contributed by atoms with Crippen LogP contribution in [0.25, 0.3) is 22.3 Å². The first kappa shape index (κ1) is 37.9. The second-order valence-electron chi connectivity index (χ2n) is 13.8. The SMILES string of the molecule is CC1COC(Cc2ccc(-c3c(Oc4ccc(Cl)c(Cl)c4-c4ccc(CC5(Cn6cncn6)OCC(C)O5)cc4)ccc(Cl)c3Cl)cc2)(Cn2cncn2)O1. The van der Waals surface area contributed by atoms with Gasteiger partial charge in [-0.2, -0.15) is 10.2 Å². The van der Waals surface area contributed by atoms with E-state index in [-0.39, 0.29) is 12.2 Å². The Morgan fingerprint density at radius 2 is 1.04 bits per heavy atom. The minimum absolute atomic E-state index is 0.0507. The third-order valence-electron chi connectivity index (χ3n) is 9.50. The fraction of sp³-hybridized carbons (Fsp3) is 0.300. The molecule has 4 aromatic carbocycles. The van der Waals surface area contributed by atoms with Crippen LogP contribution in [0.5, 0.6) is 11.5 Å². The van der Waals surface area contributed by atoms with Crippen LogP contribution in [0.4, 0.5) is 0 Å². The Balaban J connectivity index is 1.06. The number of benzene rings is 4. The van der Waals surface area contributed by atoms with E-state index in [0.717, 1.165) is 22.3 Å². The molecule has 2 fully saturated rings. The van der Waals surface area contributed by atoms with Crippen LogP contribution in [0.15, 0.2) is 98.1 Å². The maximum absolute atomic E-state index is 6.92. The number of aromatic nitrogens is 6. The number of nitrogens with zero attached hydrogens (tertiary/aromatic N) is 6. The summed E-state index contributed by atoms with van der Waals surface area (Å²) in [6.45, 7) is 5.76. The predicted molar refractivity (Wildman–Crippen MR) is 210 cm³/mol. The maximum atomic E-state index is 6.92. The molecule has 0 radical (unpaired) electrons. The molecule has 4 atom stereocenters. The van der Waals surface area contributed by atoms with Gasteiger partial charge in [-0.25, -0.2) is 19.3 Å². The molecule has 11 nitrogen and oxygen atoms in total. The van der Waals surface area contributed by atoms with E-state index in [2.05, 4.69) is 20.2 Å². The van der Waals surface area contributed by atoms with Crippen molar-refractivity contribution in [1.82, 2.24) is 29.5 Å². The Morgan fingerprint density at radius 1 is 0.618 bits per heavy atom. The second kappa shape index (κ2) is 15.8. The Kier molecular flexibility index (Phi) is 10.9. The summed E-state index contributed by atoms with van der Waals surface area (Å²) in [5, 5.41) is 9.99. The van der Waals surface area contributed by atoms with Crippen molar-refractivity contribution in [3.05, 3.63) is 129 Å². The van der Waals surface area contributed by atoms with Crippen molar-refractivity contribution in [3.8, 4) is 33.8 Å². The lowest BCUT2D eigenvalue weighted by atomic mass is 9.98. The molecule has 0 amide bonds. The summed E-state index contributed by atoms with van der Waals surface area (Å²) in [4.78, 5) is 8.13. The number of hydrogen-bond donors (Lipinski definition) is 0. The quantitative estimate of drug-likeness (QED) is 0.119. The van der Waals surface area contributed by atoms with Crippen molar-refractivity contribution in [2.24, 2.45) is 0 Å². The molecule has 2 aliphatic rings. The van der Waals surface area contributed by atoms with Gasteiger partial charge in [0.2, 0.25) is 0 Å². The maximum Gasteiger partial charge on any atom is 0.192 e. The average molecular weight is 823 g/mol. The first-order valence-electron chi connectivity index (χ1n) is 17.7. The molecule has 4 heterocycles. The van der Waals surface area contributed by atoms with Gasteiger partial charge in [0.05, 0.1) is 58.6 Å². The molecule has 0 aliphatic carbocycles. The molecular formula is C40H36Cl4N6O5. The molecular weight excluding hydrogens is 786 g/mol. The third kappa shape index (κ3) is 8.26. The van der Waals surface area contributed by atoms with E-state index in [9.17, 15) is 0 Å². The lowest BCUT2D eigenvalue weighted by Gasteiger charge is -2.28. The van der Waals surface area contributed by atoms with Crippen molar-refractivity contribution in [2.75, 3.05) is 13.2 Å². The zero-order valence-electron chi connectivity index (χ0n) is 29.9. The largest absolute Gasteiger partial charge is 0.456 e. The smallest absolute Gasteiger partial charge is 0.192 e. The van der Waals surface area contributed by atoms with E-state index in [0.29, 0.717) is 81.9 Å².